The van der Waals surface area contributed by atoms with Gasteiger partial charge in [0.1, 0.15) is 11.5 Å². The average molecular weight is 341 g/mol. The summed E-state index contributed by atoms with van der Waals surface area (Å²) in [7, 11) is 0. The van der Waals surface area contributed by atoms with Crippen molar-refractivity contribution in [1.29, 1.82) is 0 Å². The van der Waals surface area contributed by atoms with Gasteiger partial charge in [-0.2, -0.15) is 5.10 Å². The highest BCUT2D eigenvalue weighted by Crippen LogP contribution is 2.20. The van der Waals surface area contributed by atoms with Crippen LogP contribution in [0.4, 0.5) is 10.1 Å². The Bertz CT molecular complexity index is 674. The maximum Gasteiger partial charge on any atom is 0.241 e. The van der Waals surface area contributed by atoms with Crippen LogP contribution < -0.4 is 11.1 Å². The molecule has 3 N–H and O–H groups in total. The summed E-state index contributed by atoms with van der Waals surface area (Å²) in [4.78, 5) is 12.1. The van der Waals surface area contributed by atoms with Gasteiger partial charge >= 0.3 is 0 Å². The zero-order chi connectivity index (χ0) is 16.3. The molecule has 1 amide bonds. The lowest BCUT2D eigenvalue weighted by atomic mass is 9.99. The number of aromatic nitrogens is 2. The number of rotatable bonds is 5. The summed E-state index contributed by atoms with van der Waals surface area (Å²) >= 11 is 0. The second-order valence-electron chi connectivity index (χ2n) is 5.41. The molecule has 7 heteroatoms. The molecule has 5 nitrogen and oxygen atoms in total. The van der Waals surface area contributed by atoms with E-state index in [0.717, 1.165) is 6.42 Å². The Hall–Kier alpha value is -1.92. The van der Waals surface area contributed by atoms with Crippen molar-refractivity contribution in [3.05, 3.63) is 42.0 Å². The number of halogens is 2. The third kappa shape index (κ3) is 4.09. The number of amides is 1. The number of carbonyl (C=O) groups excluding carboxylic acids is 1. The molecule has 0 fully saturated rings. The van der Waals surface area contributed by atoms with E-state index in [2.05, 4.69) is 10.4 Å². The monoisotopic (exact) mass is 340 g/mol. The van der Waals surface area contributed by atoms with Crippen molar-refractivity contribution in [2.75, 3.05) is 5.32 Å². The highest BCUT2D eigenvalue weighted by atomic mass is 35.5. The molecule has 126 valence electrons. The van der Waals surface area contributed by atoms with Crippen LogP contribution in [0, 0.1) is 18.7 Å². The van der Waals surface area contributed by atoms with Crippen molar-refractivity contribution in [2.45, 2.75) is 33.2 Å². The first-order valence-electron chi connectivity index (χ1n) is 7.31. The molecule has 0 radical (unpaired) electrons. The molecule has 2 rings (SSSR count). The molecule has 0 aliphatic carbocycles. The number of carbonyl (C=O) groups is 1. The molecule has 0 bridgehead atoms. The number of hydrogen-bond donors (Lipinski definition) is 2. The van der Waals surface area contributed by atoms with Gasteiger partial charge in [0, 0.05) is 0 Å². The number of anilines is 1. The molecular formula is C16H22ClFN4O. The largest absolute Gasteiger partial charge is 0.322 e. The average Bonchev–Trinajstić information content (AvgIpc) is 2.87. The van der Waals surface area contributed by atoms with E-state index >= 15 is 0 Å². The van der Waals surface area contributed by atoms with Crippen LogP contribution in [0.2, 0.25) is 0 Å². The Balaban J connectivity index is 0.00000264. The van der Waals surface area contributed by atoms with Gasteiger partial charge in [0.2, 0.25) is 5.91 Å². The van der Waals surface area contributed by atoms with Gasteiger partial charge < -0.3 is 11.1 Å². The second-order valence-corrected chi connectivity index (χ2v) is 5.41. The molecule has 2 atom stereocenters. The Morgan fingerprint density at radius 3 is 2.70 bits per heavy atom. The molecule has 1 heterocycles. The number of nitrogens with one attached hydrogen (secondary N) is 1. The molecule has 1 aromatic heterocycles. The summed E-state index contributed by atoms with van der Waals surface area (Å²) in [6.45, 7) is 5.68. The minimum atomic E-state index is -0.582. The first kappa shape index (κ1) is 19.1. The summed E-state index contributed by atoms with van der Waals surface area (Å²) in [5, 5.41) is 6.91. The molecule has 0 aliphatic heterocycles. The van der Waals surface area contributed by atoms with Crippen LogP contribution in [-0.2, 0) is 4.79 Å². The van der Waals surface area contributed by atoms with Crippen molar-refractivity contribution >= 4 is 24.0 Å². The van der Waals surface area contributed by atoms with Crippen LogP contribution in [0.3, 0.4) is 0 Å². The normalized spacial score (nSPS) is 13.1. The predicted octanol–water partition coefficient (Wildman–Crippen LogP) is 3.05. The molecule has 0 saturated heterocycles. The van der Waals surface area contributed by atoms with E-state index in [0.29, 0.717) is 17.1 Å². The number of benzene rings is 1. The van der Waals surface area contributed by atoms with Crippen LogP contribution in [0.25, 0.3) is 5.69 Å². The lowest BCUT2D eigenvalue weighted by Crippen LogP contribution is -2.40. The number of nitrogens with two attached hydrogens (primary N) is 1. The van der Waals surface area contributed by atoms with Gasteiger partial charge in [-0.25, -0.2) is 9.07 Å². The molecular weight excluding hydrogens is 319 g/mol. The molecule has 2 aromatic rings. The zero-order valence-electron chi connectivity index (χ0n) is 13.4. The number of nitrogens with zero attached hydrogens (tertiary/aromatic N) is 2. The Kier molecular flexibility index (Phi) is 6.72. The van der Waals surface area contributed by atoms with Crippen LogP contribution in [0.1, 0.15) is 26.0 Å². The lowest BCUT2D eigenvalue weighted by Gasteiger charge is -2.17. The molecule has 0 aliphatic rings. The van der Waals surface area contributed by atoms with Crippen LogP contribution in [-0.4, -0.2) is 21.7 Å². The van der Waals surface area contributed by atoms with E-state index in [1.807, 2.05) is 13.8 Å². The maximum atomic E-state index is 13.8. The van der Waals surface area contributed by atoms with Gasteiger partial charge in [-0.15, -0.1) is 12.4 Å². The van der Waals surface area contributed by atoms with Crippen molar-refractivity contribution in [2.24, 2.45) is 11.7 Å². The number of hydrogen-bond acceptors (Lipinski definition) is 3. The Labute approximate surface area is 141 Å². The predicted molar refractivity (Wildman–Crippen MR) is 91.6 cm³/mol. The van der Waals surface area contributed by atoms with Crippen molar-refractivity contribution < 1.29 is 9.18 Å². The standard InChI is InChI=1S/C16H21FN4O.ClH/c1-4-10(2)15(18)16(22)20-13-9-19-21(11(13)3)14-8-6-5-7-12(14)17;/h5-10,15H,4,18H2,1-3H3,(H,20,22);1H. The fourth-order valence-corrected chi connectivity index (χ4v) is 2.13. The highest BCUT2D eigenvalue weighted by Gasteiger charge is 2.21. The van der Waals surface area contributed by atoms with Crippen molar-refractivity contribution in [3.63, 3.8) is 0 Å². The Morgan fingerprint density at radius 1 is 1.43 bits per heavy atom. The topological polar surface area (TPSA) is 72.9 Å². The van der Waals surface area contributed by atoms with E-state index in [1.54, 1.807) is 25.1 Å². The van der Waals surface area contributed by atoms with Crippen molar-refractivity contribution in [1.82, 2.24) is 9.78 Å². The third-order valence-electron chi connectivity index (χ3n) is 3.91. The van der Waals surface area contributed by atoms with Crippen LogP contribution in [0.15, 0.2) is 30.5 Å². The summed E-state index contributed by atoms with van der Waals surface area (Å²) in [5.41, 5.74) is 7.43. The molecule has 1 aromatic carbocycles. The van der Waals surface area contributed by atoms with Gasteiger partial charge in [0.05, 0.1) is 23.6 Å². The van der Waals surface area contributed by atoms with Crippen LogP contribution >= 0.6 is 12.4 Å². The fourth-order valence-electron chi connectivity index (χ4n) is 2.13. The lowest BCUT2D eigenvalue weighted by molar-refractivity contribution is -0.118. The quantitative estimate of drug-likeness (QED) is 0.878. The van der Waals surface area contributed by atoms with E-state index in [9.17, 15) is 9.18 Å². The maximum absolute atomic E-state index is 13.8. The van der Waals surface area contributed by atoms with Crippen LogP contribution in [0.5, 0.6) is 0 Å². The summed E-state index contributed by atoms with van der Waals surface area (Å²) in [5.74, 6) is -0.546. The number of para-hydroxylation sites is 1. The summed E-state index contributed by atoms with van der Waals surface area (Å²) in [6.07, 6.45) is 2.32. The van der Waals surface area contributed by atoms with Gasteiger partial charge in [-0.1, -0.05) is 32.4 Å². The zero-order valence-corrected chi connectivity index (χ0v) is 14.2. The van der Waals surface area contributed by atoms with Crippen molar-refractivity contribution in [3.8, 4) is 5.69 Å². The SMILES string of the molecule is CCC(C)C(N)C(=O)Nc1cnn(-c2ccccc2F)c1C.Cl. The molecule has 23 heavy (non-hydrogen) atoms. The molecule has 0 saturated carbocycles. The second kappa shape index (κ2) is 8.08. The van der Waals surface area contributed by atoms with E-state index in [4.69, 9.17) is 5.73 Å². The minimum Gasteiger partial charge on any atom is -0.322 e. The Morgan fingerprint density at radius 2 is 2.09 bits per heavy atom. The molecule has 0 spiro atoms. The third-order valence-corrected chi connectivity index (χ3v) is 3.91. The molecule has 2 unspecified atom stereocenters. The summed E-state index contributed by atoms with van der Waals surface area (Å²) < 4.78 is 15.3. The highest BCUT2D eigenvalue weighted by molar-refractivity contribution is 5.95. The van der Waals surface area contributed by atoms with E-state index in [1.165, 1.54) is 16.9 Å². The van der Waals surface area contributed by atoms with Gasteiger partial charge in [-0.05, 0) is 25.0 Å². The fraction of sp³-hybridized carbons (Fsp3) is 0.375. The van der Waals surface area contributed by atoms with Gasteiger partial charge in [0.25, 0.3) is 0 Å². The minimum absolute atomic E-state index is 0. The smallest absolute Gasteiger partial charge is 0.241 e. The van der Waals surface area contributed by atoms with Gasteiger partial charge in [0.15, 0.2) is 0 Å². The first-order chi connectivity index (χ1) is 10.5. The van der Waals surface area contributed by atoms with Gasteiger partial charge in [-0.3, -0.25) is 4.79 Å². The van der Waals surface area contributed by atoms with E-state index in [-0.39, 0.29) is 30.0 Å². The van der Waals surface area contributed by atoms with E-state index < -0.39 is 6.04 Å². The first-order valence-corrected chi connectivity index (χ1v) is 7.31. The summed E-state index contributed by atoms with van der Waals surface area (Å²) in [6, 6.07) is 5.77.